The van der Waals surface area contributed by atoms with E-state index in [-0.39, 0.29) is 0 Å². The highest BCUT2D eigenvalue weighted by Crippen LogP contribution is 2.28. The van der Waals surface area contributed by atoms with Gasteiger partial charge >= 0.3 is 0 Å². The average molecular weight is 271 g/mol. The molecule has 0 spiro atoms. The molecule has 2 aromatic rings. The van der Waals surface area contributed by atoms with Gasteiger partial charge in [-0.2, -0.15) is 4.98 Å². The van der Waals surface area contributed by atoms with Crippen LogP contribution >= 0.6 is 0 Å². The third-order valence-corrected chi connectivity index (χ3v) is 3.15. The molecule has 0 aliphatic rings. The lowest BCUT2D eigenvalue weighted by atomic mass is 10.1. The number of hydrogen-bond donors (Lipinski definition) is 1. The number of nitrogens with zero attached hydrogens (tertiary/aromatic N) is 2. The van der Waals surface area contributed by atoms with Gasteiger partial charge in [0, 0.05) is 12.6 Å². The lowest BCUT2D eigenvalue weighted by molar-refractivity contribution is 0.456. The van der Waals surface area contributed by atoms with Gasteiger partial charge in [0.15, 0.2) is 0 Å². The van der Waals surface area contributed by atoms with Crippen molar-refractivity contribution in [1.82, 2.24) is 9.97 Å². The number of benzene rings is 1. The van der Waals surface area contributed by atoms with Gasteiger partial charge in [0.1, 0.15) is 17.4 Å². The predicted octanol–water partition coefficient (Wildman–Crippen LogP) is 3.93. The maximum absolute atomic E-state index is 5.95. The normalized spacial score (nSPS) is 10.4. The Morgan fingerprint density at radius 1 is 1.05 bits per heavy atom. The molecule has 2 rings (SSSR count). The van der Waals surface area contributed by atoms with Gasteiger partial charge in [-0.1, -0.05) is 6.07 Å². The van der Waals surface area contributed by atoms with Crippen LogP contribution < -0.4 is 10.1 Å². The van der Waals surface area contributed by atoms with Crippen LogP contribution in [0.1, 0.15) is 29.4 Å². The summed E-state index contributed by atoms with van der Waals surface area (Å²) in [5, 5.41) is 3.18. The molecule has 0 bridgehead atoms. The SMILES string of the molecule is CCNc1cc(Oc2cc(C)cc(C)c2C)nc(C)n1. The molecule has 4 nitrogen and oxygen atoms in total. The fraction of sp³-hybridized carbons (Fsp3) is 0.375. The molecule has 0 amide bonds. The molecule has 0 saturated heterocycles. The molecule has 1 aromatic heterocycles. The summed E-state index contributed by atoms with van der Waals surface area (Å²) in [4.78, 5) is 8.66. The van der Waals surface area contributed by atoms with Crippen molar-refractivity contribution in [3.05, 3.63) is 40.7 Å². The fourth-order valence-electron chi connectivity index (χ4n) is 2.08. The van der Waals surface area contributed by atoms with Crippen molar-refractivity contribution in [3.8, 4) is 11.6 Å². The van der Waals surface area contributed by atoms with E-state index in [1.54, 1.807) is 0 Å². The van der Waals surface area contributed by atoms with Crippen LogP contribution in [0.5, 0.6) is 11.6 Å². The molecule has 1 aromatic carbocycles. The molecule has 20 heavy (non-hydrogen) atoms. The smallest absolute Gasteiger partial charge is 0.224 e. The molecular formula is C16H21N3O. The molecule has 0 aliphatic heterocycles. The van der Waals surface area contributed by atoms with Crippen LogP contribution in [0.2, 0.25) is 0 Å². The van der Waals surface area contributed by atoms with Crippen molar-refractivity contribution < 1.29 is 4.74 Å². The van der Waals surface area contributed by atoms with Crippen LogP contribution in [0.25, 0.3) is 0 Å². The van der Waals surface area contributed by atoms with Crippen LogP contribution in [0, 0.1) is 27.7 Å². The Balaban J connectivity index is 2.34. The third kappa shape index (κ3) is 3.26. The van der Waals surface area contributed by atoms with Gasteiger partial charge in [-0.15, -0.1) is 0 Å². The van der Waals surface area contributed by atoms with E-state index >= 15 is 0 Å². The van der Waals surface area contributed by atoms with Crippen molar-refractivity contribution in [2.24, 2.45) is 0 Å². The topological polar surface area (TPSA) is 47.0 Å². The van der Waals surface area contributed by atoms with Crippen molar-refractivity contribution in [1.29, 1.82) is 0 Å². The first-order chi connectivity index (χ1) is 9.49. The molecule has 106 valence electrons. The summed E-state index contributed by atoms with van der Waals surface area (Å²) < 4.78 is 5.95. The lowest BCUT2D eigenvalue weighted by Gasteiger charge is -2.12. The Kier molecular flexibility index (Phi) is 4.23. The van der Waals surface area contributed by atoms with Gasteiger partial charge in [-0.3, -0.25) is 0 Å². The number of aromatic nitrogens is 2. The summed E-state index contributed by atoms with van der Waals surface area (Å²) in [6.07, 6.45) is 0. The molecule has 0 unspecified atom stereocenters. The minimum Gasteiger partial charge on any atom is -0.439 e. The molecule has 0 radical (unpaired) electrons. The number of ether oxygens (including phenoxy) is 1. The molecule has 1 heterocycles. The highest BCUT2D eigenvalue weighted by molar-refractivity contribution is 5.45. The van der Waals surface area contributed by atoms with Crippen LogP contribution in [0.4, 0.5) is 5.82 Å². The van der Waals surface area contributed by atoms with Crippen LogP contribution in [0.15, 0.2) is 18.2 Å². The third-order valence-electron chi connectivity index (χ3n) is 3.15. The van der Waals surface area contributed by atoms with E-state index in [0.29, 0.717) is 11.7 Å². The molecule has 0 aliphatic carbocycles. The van der Waals surface area contributed by atoms with E-state index in [2.05, 4.69) is 42.1 Å². The molecule has 1 N–H and O–H groups in total. The molecular weight excluding hydrogens is 250 g/mol. The highest BCUT2D eigenvalue weighted by atomic mass is 16.5. The van der Waals surface area contributed by atoms with Crippen molar-refractivity contribution in [2.45, 2.75) is 34.6 Å². The van der Waals surface area contributed by atoms with E-state index in [4.69, 9.17) is 4.74 Å². The summed E-state index contributed by atoms with van der Waals surface area (Å²) in [5.41, 5.74) is 3.54. The number of hydrogen-bond acceptors (Lipinski definition) is 4. The quantitative estimate of drug-likeness (QED) is 0.915. The average Bonchev–Trinajstić information content (AvgIpc) is 2.35. The monoisotopic (exact) mass is 271 g/mol. The zero-order valence-electron chi connectivity index (χ0n) is 12.7. The van der Waals surface area contributed by atoms with Gasteiger partial charge < -0.3 is 10.1 Å². The number of anilines is 1. The first-order valence-corrected chi connectivity index (χ1v) is 6.85. The van der Waals surface area contributed by atoms with Gasteiger partial charge in [0.2, 0.25) is 5.88 Å². The molecule has 0 saturated carbocycles. The lowest BCUT2D eigenvalue weighted by Crippen LogP contribution is -2.03. The Morgan fingerprint density at radius 2 is 1.80 bits per heavy atom. The van der Waals surface area contributed by atoms with E-state index in [1.807, 2.05) is 26.0 Å². The Hall–Kier alpha value is -2.10. The summed E-state index contributed by atoms with van der Waals surface area (Å²) in [6.45, 7) is 10.9. The maximum Gasteiger partial charge on any atom is 0.224 e. The number of nitrogens with one attached hydrogen (secondary N) is 1. The number of aryl methyl sites for hydroxylation is 3. The Bertz CT molecular complexity index is 623. The summed E-state index contributed by atoms with van der Waals surface area (Å²) in [6, 6.07) is 6.01. The minimum absolute atomic E-state index is 0.571. The predicted molar refractivity (Wildman–Crippen MR) is 81.7 cm³/mol. The van der Waals surface area contributed by atoms with Crippen LogP contribution in [-0.4, -0.2) is 16.5 Å². The van der Waals surface area contributed by atoms with Crippen molar-refractivity contribution >= 4 is 5.82 Å². The second-order valence-electron chi connectivity index (χ2n) is 4.98. The summed E-state index contributed by atoms with van der Waals surface area (Å²) >= 11 is 0. The fourth-order valence-corrected chi connectivity index (χ4v) is 2.08. The standard InChI is InChI=1S/C16H21N3O/c1-6-17-15-9-16(19-13(5)18-15)20-14-8-10(2)7-11(3)12(14)4/h7-9H,6H2,1-5H3,(H,17,18,19). The van der Waals surface area contributed by atoms with Crippen molar-refractivity contribution in [3.63, 3.8) is 0 Å². The first-order valence-electron chi connectivity index (χ1n) is 6.85. The van der Waals surface area contributed by atoms with E-state index in [9.17, 15) is 0 Å². The number of rotatable bonds is 4. The van der Waals surface area contributed by atoms with Gasteiger partial charge in [-0.25, -0.2) is 4.98 Å². The maximum atomic E-state index is 5.95. The van der Waals surface area contributed by atoms with E-state index in [1.165, 1.54) is 11.1 Å². The van der Waals surface area contributed by atoms with E-state index < -0.39 is 0 Å². The second kappa shape index (κ2) is 5.90. The molecule has 0 fully saturated rings. The largest absolute Gasteiger partial charge is 0.439 e. The second-order valence-corrected chi connectivity index (χ2v) is 4.98. The first kappa shape index (κ1) is 14.3. The van der Waals surface area contributed by atoms with Gasteiger partial charge in [0.25, 0.3) is 0 Å². The molecule has 4 heteroatoms. The highest BCUT2D eigenvalue weighted by Gasteiger charge is 2.08. The van der Waals surface area contributed by atoms with E-state index in [0.717, 1.165) is 23.7 Å². The Labute approximate surface area is 120 Å². The van der Waals surface area contributed by atoms with Crippen LogP contribution in [0.3, 0.4) is 0 Å². The summed E-state index contributed by atoms with van der Waals surface area (Å²) in [5.74, 6) is 2.90. The van der Waals surface area contributed by atoms with Gasteiger partial charge in [0.05, 0.1) is 0 Å². The van der Waals surface area contributed by atoms with Crippen LogP contribution in [-0.2, 0) is 0 Å². The molecule has 0 atom stereocenters. The van der Waals surface area contributed by atoms with Crippen molar-refractivity contribution in [2.75, 3.05) is 11.9 Å². The summed E-state index contributed by atoms with van der Waals surface area (Å²) in [7, 11) is 0. The Morgan fingerprint density at radius 3 is 2.50 bits per heavy atom. The zero-order valence-corrected chi connectivity index (χ0v) is 12.7. The minimum atomic E-state index is 0.571. The van der Waals surface area contributed by atoms with Gasteiger partial charge in [-0.05, 0) is 57.4 Å². The zero-order chi connectivity index (χ0) is 14.7.